The fraction of sp³-hybridized carbons (Fsp3) is 0.368. The van der Waals surface area contributed by atoms with Crippen LogP contribution in [0.25, 0.3) is 0 Å². The Morgan fingerprint density at radius 2 is 2.14 bits per heavy atom. The number of fused-ring (bicyclic) bond motifs is 1. The van der Waals surface area contributed by atoms with E-state index in [2.05, 4.69) is 15.5 Å². The Kier molecular flexibility index (Phi) is 8.63. The van der Waals surface area contributed by atoms with E-state index in [1.165, 1.54) is 0 Å². The number of hydrogen-bond acceptors (Lipinski definition) is 5. The highest BCUT2D eigenvalue weighted by Gasteiger charge is 2.27. The zero-order valence-electron chi connectivity index (χ0n) is 16.0. The number of carboxylic acid groups (broad SMARTS) is 1. The summed E-state index contributed by atoms with van der Waals surface area (Å²) >= 11 is 6.11. The third-order valence-corrected chi connectivity index (χ3v) is 4.70. The van der Waals surface area contributed by atoms with E-state index < -0.39 is 0 Å². The van der Waals surface area contributed by atoms with Crippen molar-refractivity contribution in [3.63, 3.8) is 0 Å². The highest BCUT2D eigenvalue weighted by atomic mass is 35.5. The Morgan fingerprint density at radius 1 is 1.41 bits per heavy atom. The molecule has 0 aliphatic carbocycles. The molecule has 0 saturated heterocycles. The fourth-order valence-corrected chi connectivity index (χ4v) is 3.10. The number of ether oxygens (including phenoxy) is 1. The van der Waals surface area contributed by atoms with Crippen LogP contribution in [0.2, 0.25) is 5.02 Å². The average molecular weight is 423 g/mol. The summed E-state index contributed by atoms with van der Waals surface area (Å²) in [5.74, 6) is -0.312. The van der Waals surface area contributed by atoms with Crippen molar-refractivity contribution in [3.8, 4) is 0 Å². The zero-order chi connectivity index (χ0) is 21.2. The summed E-state index contributed by atoms with van der Waals surface area (Å²) < 4.78 is 5.17. The predicted octanol–water partition coefficient (Wildman–Crippen LogP) is 1.62. The van der Waals surface area contributed by atoms with Gasteiger partial charge in [-0.15, -0.1) is 0 Å². The van der Waals surface area contributed by atoms with E-state index in [9.17, 15) is 9.59 Å². The number of aromatic nitrogens is 2. The molecule has 1 aliphatic heterocycles. The maximum Gasteiger partial charge on any atom is 0.290 e. The standard InChI is InChI=1S/C18H21ClN4O3.CH2O2/c1-2-26-11-16(24)23-8-7-13-15(10-23)21-22-17(13)18(25)20-9-12-5-3-4-6-14(12)19;2-1-3/h3-6H,2,7-11H2,1H3,(H,20,25)(H,21,22);1H,(H,2,3). The van der Waals surface area contributed by atoms with Gasteiger partial charge in [0.15, 0.2) is 5.69 Å². The van der Waals surface area contributed by atoms with E-state index in [1.54, 1.807) is 11.0 Å². The predicted molar refractivity (Wildman–Crippen MR) is 106 cm³/mol. The van der Waals surface area contributed by atoms with Crippen LogP contribution < -0.4 is 5.32 Å². The molecule has 2 aromatic rings. The Balaban J connectivity index is 0.000000941. The van der Waals surface area contributed by atoms with Crippen molar-refractivity contribution in [1.29, 1.82) is 0 Å². The Hall–Kier alpha value is -2.91. The van der Waals surface area contributed by atoms with Crippen molar-refractivity contribution in [2.75, 3.05) is 19.8 Å². The lowest BCUT2D eigenvalue weighted by Gasteiger charge is -2.26. The second-order valence-corrected chi connectivity index (χ2v) is 6.52. The van der Waals surface area contributed by atoms with Gasteiger partial charge in [-0.25, -0.2) is 0 Å². The molecule has 2 heterocycles. The third-order valence-electron chi connectivity index (χ3n) is 4.33. The monoisotopic (exact) mass is 422 g/mol. The largest absolute Gasteiger partial charge is 0.483 e. The van der Waals surface area contributed by atoms with Crippen LogP contribution >= 0.6 is 11.6 Å². The van der Waals surface area contributed by atoms with Gasteiger partial charge in [0.05, 0.1) is 12.2 Å². The van der Waals surface area contributed by atoms with Crippen LogP contribution in [-0.2, 0) is 33.8 Å². The molecule has 3 rings (SSSR count). The first-order valence-electron chi connectivity index (χ1n) is 9.02. The molecule has 3 N–H and O–H groups in total. The number of nitrogens with zero attached hydrogens (tertiary/aromatic N) is 2. The molecule has 9 nitrogen and oxygen atoms in total. The number of H-pyrrole nitrogens is 1. The van der Waals surface area contributed by atoms with E-state index in [0.717, 1.165) is 16.8 Å². The van der Waals surface area contributed by atoms with Crippen LogP contribution in [0.5, 0.6) is 0 Å². The second kappa shape index (κ2) is 11.2. The highest BCUT2D eigenvalue weighted by molar-refractivity contribution is 6.31. The van der Waals surface area contributed by atoms with Crippen molar-refractivity contribution < 1.29 is 24.2 Å². The van der Waals surface area contributed by atoms with E-state index in [0.29, 0.717) is 43.4 Å². The first-order valence-corrected chi connectivity index (χ1v) is 9.40. The molecule has 0 bridgehead atoms. The molecule has 0 fully saturated rings. The molecule has 1 aromatic heterocycles. The van der Waals surface area contributed by atoms with E-state index in [4.69, 9.17) is 26.2 Å². The number of aromatic amines is 1. The molecule has 0 unspecified atom stereocenters. The Bertz CT molecular complexity index is 855. The quantitative estimate of drug-likeness (QED) is 0.607. The molecule has 0 radical (unpaired) electrons. The molecule has 156 valence electrons. The second-order valence-electron chi connectivity index (χ2n) is 6.11. The van der Waals surface area contributed by atoms with Crippen molar-refractivity contribution in [3.05, 3.63) is 51.8 Å². The van der Waals surface area contributed by atoms with Crippen LogP contribution in [0.4, 0.5) is 0 Å². The maximum atomic E-state index is 12.5. The molecule has 0 atom stereocenters. The summed E-state index contributed by atoms with van der Waals surface area (Å²) in [4.78, 5) is 34.6. The van der Waals surface area contributed by atoms with Crippen LogP contribution in [0.15, 0.2) is 24.3 Å². The summed E-state index contributed by atoms with van der Waals surface area (Å²) in [6.45, 7) is 3.47. The molecule has 1 aromatic carbocycles. The number of halogens is 1. The SMILES string of the molecule is CCOCC(=O)N1CCc2c(C(=O)NCc3ccccc3Cl)n[nH]c2C1.O=CO. The summed E-state index contributed by atoms with van der Waals surface area (Å²) in [6.07, 6.45) is 0.582. The molecule has 0 saturated carbocycles. The molecular formula is C19H23ClN4O5. The number of carbonyl (C=O) groups is 3. The van der Waals surface area contributed by atoms with Gasteiger partial charge < -0.3 is 20.1 Å². The minimum atomic E-state index is -0.253. The maximum absolute atomic E-state index is 12.5. The van der Waals surface area contributed by atoms with Gasteiger partial charge in [-0.2, -0.15) is 5.10 Å². The number of nitrogens with one attached hydrogen (secondary N) is 2. The summed E-state index contributed by atoms with van der Waals surface area (Å²) in [7, 11) is 0. The fourth-order valence-electron chi connectivity index (χ4n) is 2.90. The van der Waals surface area contributed by atoms with Crippen LogP contribution in [0, 0.1) is 0 Å². The highest BCUT2D eigenvalue weighted by Crippen LogP contribution is 2.21. The summed E-state index contributed by atoms with van der Waals surface area (Å²) in [6, 6.07) is 7.37. The van der Waals surface area contributed by atoms with E-state index >= 15 is 0 Å². The summed E-state index contributed by atoms with van der Waals surface area (Å²) in [5.41, 5.74) is 2.88. The van der Waals surface area contributed by atoms with Gasteiger partial charge in [-0.1, -0.05) is 29.8 Å². The molecular weight excluding hydrogens is 400 g/mol. The first-order chi connectivity index (χ1) is 14.0. The summed E-state index contributed by atoms with van der Waals surface area (Å²) in [5, 5.41) is 17.4. The number of amides is 2. The normalized spacial score (nSPS) is 12.4. The van der Waals surface area contributed by atoms with Gasteiger partial charge in [0.25, 0.3) is 12.4 Å². The minimum absolute atomic E-state index is 0.0585. The molecule has 10 heteroatoms. The lowest BCUT2D eigenvalue weighted by molar-refractivity contribution is -0.137. The molecule has 1 aliphatic rings. The Labute approximate surface area is 173 Å². The van der Waals surface area contributed by atoms with Crippen LogP contribution in [0.3, 0.4) is 0 Å². The molecule has 0 spiro atoms. The van der Waals surface area contributed by atoms with Crippen molar-refractivity contribution in [1.82, 2.24) is 20.4 Å². The van der Waals surface area contributed by atoms with Gasteiger partial charge >= 0.3 is 0 Å². The van der Waals surface area contributed by atoms with Crippen molar-refractivity contribution in [2.24, 2.45) is 0 Å². The van der Waals surface area contributed by atoms with Crippen molar-refractivity contribution in [2.45, 2.75) is 26.4 Å². The average Bonchev–Trinajstić information content (AvgIpc) is 3.15. The van der Waals surface area contributed by atoms with E-state index in [-0.39, 0.29) is 24.9 Å². The first kappa shape index (κ1) is 22.4. The van der Waals surface area contributed by atoms with Gasteiger partial charge in [-0.3, -0.25) is 19.5 Å². The Morgan fingerprint density at radius 3 is 2.83 bits per heavy atom. The van der Waals surface area contributed by atoms with Gasteiger partial charge in [-0.05, 0) is 25.0 Å². The lowest BCUT2D eigenvalue weighted by atomic mass is 10.0. The van der Waals surface area contributed by atoms with Gasteiger partial charge in [0.1, 0.15) is 6.61 Å². The van der Waals surface area contributed by atoms with Crippen LogP contribution in [-0.4, -0.2) is 58.2 Å². The molecule has 29 heavy (non-hydrogen) atoms. The number of benzene rings is 1. The smallest absolute Gasteiger partial charge is 0.290 e. The molecule has 2 amide bonds. The van der Waals surface area contributed by atoms with E-state index in [1.807, 2.05) is 25.1 Å². The number of hydrogen-bond donors (Lipinski definition) is 3. The van der Waals surface area contributed by atoms with Crippen molar-refractivity contribution >= 4 is 29.9 Å². The lowest BCUT2D eigenvalue weighted by Crippen LogP contribution is -2.38. The minimum Gasteiger partial charge on any atom is -0.483 e. The number of rotatable bonds is 6. The topological polar surface area (TPSA) is 125 Å². The van der Waals surface area contributed by atoms with Gasteiger partial charge in [0, 0.05) is 30.3 Å². The van der Waals surface area contributed by atoms with Gasteiger partial charge in [0.2, 0.25) is 5.91 Å². The van der Waals surface area contributed by atoms with Crippen LogP contribution in [0.1, 0.15) is 34.2 Å². The third kappa shape index (κ3) is 6.03. The zero-order valence-corrected chi connectivity index (χ0v) is 16.7. The number of carbonyl (C=O) groups excluding carboxylic acids is 2.